The molecule has 4 aromatic rings. The Labute approximate surface area is 167 Å². The second-order valence-electron chi connectivity index (χ2n) is 6.30. The van der Waals surface area contributed by atoms with Gasteiger partial charge in [0, 0.05) is 30.2 Å². The van der Waals surface area contributed by atoms with E-state index in [4.69, 9.17) is 0 Å². The van der Waals surface area contributed by atoms with Crippen LogP contribution in [0, 0.1) is 0 Å². The zero-order valence-electron chi connectivity index (χ0n) is 15.2. The van der Waals surface area contributed by atoms with Gasteiger partial charge in [-0.1, -0.05) is 6.07 Å². The standard InChI is InChI=1S/C19H13F3N6O2/c20-19(21,22)13-4-5-14(25-9-13)26-17(29)16-18(30)28(10-12-7-23-11-24-8-12)15-3-1-2-6-27(15)16/h1-9,11H,10H2,(H-,25,26,29,30). The lowest BCUT2D eigenvalue weighted by molar-refractivity contribution is -0.704. The van der Waals surface area contributed by atoms with Gasteiger partial charge in [0.1, 0.15) is 24.6 Å². The number of anilines is 1. The topological polar surface area (TPSA) is 99.1 Å². The van der Waals surface area contributed by atoms with Gasteiger partial charge in [0.15, 0.2) is 0 Å². The Balaban J connectivity index is 1.68. The number of hydrogen-bond donors (Lipinski definition) is 1. The summed E-state index contributed by atoms with van der Waals surface area (Å²) in [4.78, 5) is 24.2. The van der Waals surface area contributed by atoms with Crippen molar-refractivity contribution in [1.82, 2.24) is 19.4 Å². The Morgan fingerprint density at radius 2 is 1.90 bits per heavy atom. The van der Waals surface area contributed by atoms with E-state index in [1.54, 1.807) is 36.8 Å². The van der Waals surface area contributed by atoms with Crippen LogP contribution in [-0.2, 0) is 12.7 Å². The first-order valence-electron chi connectivity index (χ1n) is 8.63. The second-order valence-corrected chi connectivity index (χ2v) is 6.30. The molecule has 0 saturated heterocycles. The van der Waals surface area contributed by atoms with Gasteiger partial charge in [-0.15, -0.1) is 0 Å². The largest absolute Gasteiger partial charge is 0.839 e. The first-order valence-corrected chi connectivity index (χ1v) is 8.63. The number of hydrogen-bond acceptors (Lipinski definition) is 5. The number of nitrogens with zero attached hydrogens (tertiary/aromatic N) is 5. The van der Waals surface area contributed by atoms with Crippen LogP contribution in [0.1, 0.15) is 21.6 Å². The molecule has 0 radical (unpaired) electrons. The fourth-order valence-electron chi connectivity index (χ4n) is 2.94. The van der Waals surface area contributed by atoms with Crippen LogP contribution in [0.15, 0.2) is 61.4 Å². The summed E-state index contributed by atoms with van der Waals surface area (Å²) in [5, 5.41) is 15.4. The summed E-state index contributed by atoms with van der Waals surface area (Å²) in [6.07, 6.45) is 2.08. The minimum Gasteiger partial charge on any atom is -0.839 e. The Kier molecular flexibility index (Phi) is 4.78. The average Bonchev–Trinajstić information content (AvgIpc) is 3.00. The van der Waals surface area contributed by atoms with Crippen molar-refractivity contribution in [2.24, 2.45) is 0 Å². The van der Waals surface area contributed by atoms with Crippen molar-refractivity contribution in [1.29, 1.82) is 0 Å². The van der Waals surface area contributed by atoms with E-state index < -0.39 is 23.5 Å². The van der Waals surface area contributed by atoms with Crippen LogP contribution in [0.5, 0.6) is 5.88 Å². The lowest BCUT2D eigenvalue weighted by Gasteiger charge is -2.09. The Bertz CT molecular complexity index is 1210. The number of imidazole rings is 1. The molecular formula is C19H13F3N6O2. The number of alkyl halides is 3. The van der Waals surface area contributed by atoms with E-state index in [1.807, 2.05) is 0 Å². The lowest BCUT2D eigenvalue weighted by atomic mass is 10.3. The number of fused-ring (bicyclic) bond motifs is 1. The monoisotopic (exact) mass is 414 g/mol. The SMILES string of the molecule is O=C(Nc1ccc(C(F)(F)F)cn1)c1c([O-])[n+](Cc2cncnc2)c2ccccn12. The van der Waals surface area contributed by atoms with Gasteiger partial charge in [-0.2, -0.15) is 17.6 Å². The van der Waals surface area contributed by atoms with E-state index in [2.05, 4.69) is 20.3 Å². The third-order valence-corrected chi connectivity index (χ3v) is 4.31. The maximum Gasteiger partial charge on any atom is 0.417 e. The number of nitrogens with one attached hydrogen (secondary N) is 1. The molecule has 0 saturated carbocycles. The van der Waals surface area contributed by atoms with Crippen molar-refractivity contribution in [2.75, 3.05) is 5.32 Å². The molecule has 0 atom stereocenters. The number of aromatic nitrogens is 5. The maximum atomic E-state index is 13.0. The van der Waals surface area contributed by atoms with Crippen LogP contribution in [0.25, 0.3) is 5.65 Å². The van der Waals surface area contributed by atoms with Crippen molar-refractivity contribution >= 4 is 17.4 Å². The Hall–Kier alpha value is -4.02. The predicted molar refractivity (Wildman–Crippen MR) is 95.4 cm³/mol. The van der Waals surface area contributed by atoms with E-state index in [1.165, 1.54) is 15.3 Å². The van der Waals surface area contributed by atoms with Crippen LogP contribution in [0.3, 0.4) is 0 Å². The van der Waals surface area contributed by atoms with Crippen molar-refractivity contribution in [3.8, 4) is 5.88 Å². The van der Waals surface area contributed by atoms with E-state index in [-0.39, 0.29) is 18.1 Å². The summed E-state index contributed by atoms with van der Waals surface area (Å²) in [6.45, 7) is 0.138. The van der Waals surface area contributed by atoms with Gasteiger partial charge in [-0.05, 0) is 18.2 Å². The summed E-state index contributed by atoms with van der Waals surface area (Å²) in [5.74, 6) is -1.48. The predicted octanol–water partition coefficient (Wildman–Crippen LogP) is 1.80. The second kappa shape index (κ2) is 7.43. The molecule has 4 heterocycles. The molecule has 0 bridgehead atoms. The van der Waals surface area contributed by atoms with E-state index in [9.17, 15) is 23.1 Å². The van der Waals surface area contributed by atoms with Gasteiger partial charge in [-0.25, -0.2) is 19.5 Å². The normalized spacial score (nSPS) is 11.6. The van der Waals surface area contributed by atoms with E-state index >= 15 is 0 Å². The van der Waals surface area contributed by atoms with Crippen LogP contribution in [0.4, 0.5) is 19.0 Å². The number of amides is 1. The first kappa shape index (κ1) is 19.3. The summed E-state index contributed by atoms with van der Waals surface area (Å²) in [7, 11) is 0. The van der Waals surface area contributed by atoms with Gasteiger partial charge in [-0.3, -0.25) is 4.79 Å². The molecule has 152 valence electrons. The molecular weight excluding hydrogens is 401 g/mol. The number of halogens is 3. The van der Waals surface area contributed by atoms with E-state index in [0.717, 1.165) is 12.1 Å². The third-order valence-electron chi connectivity index (χ3n) is 4.31. The summed E-state index contributed by atoms with van der Waals surface area (Å²) >= 11 is 0. The highest BCUT2D eigenvalue weighted by molar-refractivity contribution is 6.04. The molecule has 0 unspecified atom stereocenters. The van der Waals surface area contributed by atoms with Gasteiger partial charge in [0.2, 0.25) is 5.69 Å². The molecule has 1 N–H and O–H groups in total. The smallest absolute Gasteiger partial charge is 0.417 e. The molecule has 4 rings (SSSR count). The first-order chi connectivity index (χ1) is 14.3. The number of pyridine rings is 2. The van der Waals surface area contributed by atoms with Crippen molar-refractivity contribution in [2.45, 2.75) is 12.7 Å². The maximum absolute atomic E-state index is 13.0. The zero-order chi connectivity index (χ0) is 21.3. The highest BCUT2D eigenvalue weighted by Gasteiger charge is 2.31. The molecule has 0 spiro atoms. The van der Waals surface area contributed by atoms with Gasteiger partial charge in [0.05, 0.1) is 11.8 Å². The minimum atomic E-state index is -4.54. The third kappa shape index (κ3) is 3.64. The van der Waals surface area contributed by atoms with Gasteiger partial charge < -0.3 is 10.4 Å². The molecule has 1 amide bonds. The van der Waals surface area contributed by atoms with Crippen molar-refractivity contribution in [3.63, 3.8) is 0 Å². The van der Waals surface area contributed by atoms with Gasteiger partial charge in [0.25, 0.3) is 11.6 Å². The lowest BCUT2D eigenvalue weighted by Crippen LogP contribution is -2.37. The highest BCUT2D eigenvalue weighted by atomic mass is 19.4. The number of carbonyl (C=O) groups excluding carboxylic acids is 1. The van der Waals surface area contributed by atoms with Crippen molar-refractivity contribution in [3.05, 3.63) is 78.3 Å². The van der Waals surface area contributed by atoms with Gasteiger partial charge >= 0.3 is 6.18 Å². The minimum absolute atomic E-state index is 0.110. The molecule has 0 aliphatic carbocycles. The number of carbonyl (C=O) groups is 1. The molecule has 11 heteroatoms. The zero-order valence-corrected chi connectivity index (χ0v) is 15.2. The average molecular weight is 414 g/mol. The van der Waals surface area contributed by atoms with Crippen LogP contribution in [0.2, 0.25) is 0 Å². The summed E-state index contributed by atoms with van der Waals surface area (Å²) in [5.41, 5.74) is -0.0329. The summed E-state index contributed by atoms with van der Waals surface area (Å²) < 4.78 is 40.8. The van der Waals surface area contributed by atoms with E-state index in [0.29, 0.717) is 17.4 Å². The molecule has 0 aromatic carbocycles. The molecule has 30 heavy (non-hydrogen) atoms. The molecule has 8 nitrogen and oxygen atoms in total. The molecule has 0 aliphatic heterocycles. The molecule has 0 aliphatic rings. The Morgan fingerprint density at radius 3 is 2.57 bits per heavy atom. The highest BCUT2D eigenvalue weighted by Crippen LogP contribution is 2.29. The number of rotatable bonds is 4. The fraction of sp³-hybridized carbons (Fsp3) is 0.105. The van der Waals surface area contributed by atoms with Crippen LogP contribution < -0.4 is 15.0 Å². The Morgan fingerprint density at radius 1 is 1.13 bits per heavy atom. The van der Waals surface area contributed by atoms with Crippen molar-refractivity contribution < 1.29 is 27.6 Å². The van der Waals surface area contributed by atoms with Crippen LogP contribution in [-0.4, -0.2) is 25.3 Å². The summed E-state index contributed by atoms with van der Waals surface area (Å²) in [6, 6.07) is 6.85. The molecule has 4 aromatic heterocycles. The fourth-order valence-corrected chi connectivity index (χ4v) is 2.94. The molecule has 0 fully saturated rings. The van der Waals surface area contributed by atoms with Crippen LogP contribution >= 0.6 is 0 Å². The quantitative estimate of drug-likeness (QED) is 0.514.